The molecule has 3 nitrogen and oxygen atoms in total. The van der Waals surface area contributed by atoms with E-state index in [1.54, 1.807) is 7.11 Å². The second kappa shape index (κ2) is 5.91. The number of ether oxygens (including phenoxy) is 2. The molecular weight excluding hydrogens is 226 g/mol. The molecule has 3 heteroatoms. The molecule has 0 saturated heterocycles. The van der Waals surface area contributed by atoms with Crippen molar-refractivity contribution in [1.29, 1.82) is 0 Å². The van der Waals surface area contributed by atoms with Gasteiger partial charge in [-0.1, -0.05) is 19.1 Å². The highest BCUT2D eigenvalue weighted by atomic mass is 16.5. The lowest BCUT2D eigenvalue weighted by molar-refractivity contribution is 0.214. The zero-order chi connectivity index (χ0) is 13.0. The van der Waals surface area contributed by atoms with Crippen molar-refractivity contribution >= 4 is 0 Å². The summed E-state index contributed by atoms with van der Waals surface area (Å²) in [5.41, 5.74) is 2.34. The number of methoxy groups -OCH3 is 1. The third-order valence-corrected chi connectivity index (χ3v) is 3.12. The van der Waals surface area contributed by atoms with E-state index in [0.29, 0.717) is 0 Å². The van der Waals surface area contributed by atoms with Gasteiger partial charge in [0.05, 0.1) is 19.8 Å². The fraction of sp³-hybridized carbons (Fsp3) is 0.467. The van der Waals surface area contributed by atoms with Gasteiger partial charge in [-0.3, -0.25) is 0 Å². The lowest BCUT2D eigenvalue weighted by Crippen LogP contribution is -2.23. The Hall–Kier alpha value is -1.48. The van der Waals surface area contributed by atoms with Crippen molar-refractivity contribution in [2.75, 3.05) is 20.3 Å². The predicted octanol–water partition coefficient (Wildman–Crippen LogP) is 2.96. The molecule has 0 saturated carbocycles. The van der Waals surface area contributed by atoms with Gasteiger partial charge in [-0.25, -0.2) is 0 Å². The Labute approximate surface area is 109 Å². The Morgan fingerprint density at radius 1 is 1.44 bits per heavy atom. The number of benzene rings is 1. The molecule has 1 heterocycles. The summed E-state index contributed by atoms with van der Waals surface area (Å²) in [7, 11) is 1.71. The molecule has 1 N–H and O–H groups in total. The first-order valence-electron chi connectivity index (χ1n) is 6.47. The average Bonchev–Trinajstić information content (AvgIpc) is 2.90. The van der Waals surface area contributed by atoms with E-state index >= 15 is 0 Å². The largest absolute Gasteiger partial charge is 0.496 e. The van der Waals surface area contributed by atoms with Gasteiger partial charge < -0.3 is 14.8 Å². The van der Waals surface area contributed by atoms with Crippen LogP contribution in [0.25, 0.3) is 0 Å². The standard InChI is InChI=1S/C15H21NO2/c1-4-16-15(13-6-5-9-18-13)12-8-7-11(2)10-14(12)17-3/h6-8,10,15-16H,4-5,9H2,1-3H3. The minimum atomic E-state index is 0.0908. The summed E-state index contributed by atoms with van der Waals surface area (Å²) in [6, 6.07) is 6.38. The lowest BCUT2D eigenvalue weighted by Gasteiger charge is -2.22. The lowest BCUT2D eigenvalue weighted by atomic mass is 10.0. The van der Waals surface area contributed by atoms with Gasteiger partial charge in [0, 0.05) is 12.0 Å². The van der Waals surface area contributed by atoms with E-state index in [2.05, 4.69) is 43.4 Å². The molecule has 1 aliphatic rings. The van der Waals surface area contributed by atoms with Crippen molar-refractivity contribution in [1.82, 2.24) is 5.32 Å². The molecule has 1 aromatic carbocycles. The summed E-state index contributed by atoms with van der Waals surface area (Å²) in [6.45, 7) is 5.84. The Kier molecular flexibility index (Phi) is 4.26. The van der Waals surface area contributed by atoms with Gasteiger partial charge in [-0.15, -0.1) is 0 Å². The average molecular weight is 247 g/mol. The third kappa shape index (κ3) is 2.67. The van der Waals surface area contributed by atoms with Crippen LogP contribution in [0.1, 0.15) is 30.5 Å². The van der Waals surface area contributed by atoms with Gasteiger partial charge in [-0.05, 0) is 31.2 Å². The topological polar surface area (TPSA) is 30.5 Å². The van der Waals surface area contributed by atoms with Gasteiger partial charge >= 0.3 is 0 Å². The molecule has 0 aromatic heterocycles. The molecule has 2 rings (SSSR count). The van der Waals surface area contributed by atoms with Crippen molar-refractivity contribution in [2.24, 2.45) is 0 Å². The Morgan fingerprint density at radius 3 is 2.89 bits per heavy atom. The van der Waals surface area contributed by atoms with Crippen LogP contribution in [0.4, 0.5) is 0 Å². The summed E-state index contributed by atoms with van der Waals surface area (Å²) in [4.78, 5) is 0. The van der Waals surface area contributed by atoms with Crippen LogP contribution in [-0.4, -0.2) is 20.3 Å². The van der Waals surface area contributed by atoms with Crippen LogP contribution in [0.2, 0.25) is 0 Å². The molecule has 0 radical (unpaired) electrons. The smallest absolute Gasteiger partial charge is 0.124 e. The van der Waals surface area contributed by atoms with Gasteiger partial charge in [0.1, 0.15) is 11.5 Å². The van der Waals surface area contributed by atoms with Crippen molar-refractivity contribution in [3.63, 3.8) is 0 Å². The van der Waals surface area contributed by atoms with Crippen LogP contribution in [0.5, 0.6) is 5.75 Å². The van der Waals surface area contributed by atoms with Crippen LogP contribution in [0, 0.1) is 6.92 Å². The van der Waals surface area contributed by atoms with Gasteiger partial charge in [0.2, 0.25) is 0 Å². The number of likely N-dealkylation sites (N-methyl/N-ethyl adjacent to an activating group) is 1. The van der Waals surface area contributed by atoms with Crippen molar-refractivity contribution < 1.29 is 9.47 Å². The molecule has 0 fully saturated rings. The highest BCUT2D eigenvalue weighted by Crippen LogP contribution is 2.33. The molecule has 1 unspecified atom stereocenters. The van der Waals surface area contributed by atoms with E-state index in [4.69, 9.17) is 9.47 Å². The molecule has 1 aromatic rings. The first-order chi connectivity index (χ1) is 8.76. The van der Waals surface area contributed by atoms with Crippen LogP contribution in [0.3, 0.4) is 0 Å². The third-order valence-electron chi connectivity index (χ3n) is 3.12. The second-order valence-corrected chi connectivity index (χ2v) is 4.48. The molecule has 0 spiro atoms. The maximum atomic E-state index is 5.69. The molecule has 0 aliphatic carbocycles. The minimum absolute atomic E-state index is 0.0908. The molecule has 0 bridgehead atoms. The molecule has 1 aliphatic heterocycles. The number of hydrogen-bond acceptors (Lipinski definition) is 3. The molecule has 1 atom stereocenters. The second-order valence-electron chi connectivity index (χ2n) is 4.48. The Morgan fingerprint density at radius 2 is 2.28 bits per heavy atom. The maximum absolute atomic E-state index is 5.69. The summed E-state index contributed by atoms with van der Waals surface area (Å²) in [6.07, 6.45) is 3.15. The summed E-state index contributed by atoms with van der Waals surface area (Å²) in [5, 5.41) is 3.46. The highest BCUT2D eigenvalue weighted by molar-refractivity contribution is 5.42. The van der Waals surface area contributed by atoms with Gasteiger partial charge in [-0.2, -0.15) is 0 Å². The van der Waals surface area contributed by atoms with E-state index in [1.807, 2.05) is 0 Å². The van der Waals surface area contributed by atoms with E-state index in [0.717, 1.165) is 36.6 Å². The Bertz CT molecular complexity index is 440. The molecule has 0 amide bonds. The zero-order valence-corrected chi connectivity index (χ0v) is 11.3. The number of aryl methyl sites for hydroxylation is 1. The molecule has 98 valence electrons. The van der Waals surface area contributed by atoms with E-state index in [1.165, 1.54) is 5.56 Å². The first kappa shape index (κ1) is 13.0. The highest BCUT2D eigenvalue weighted by Gasteiger charge is 2.22. The number of nitrogens with one attached hydrogen (secondary N) is 1. The summed E-state index contributed by atoms with van der Waals surface area (Å²) >= 11 is 0. The normalized spacial score (nSPS) is 16.1. The minimum Gasteiger partial charge on any atom is -0.496 e. The summed E-state index contributed by atoms with van der Waals surface area (Å²) < 4.78 is 11.2. The number of rotatable bonds is 5. The Balaban J connectivity index is 2.35. The van der Waals surface area contributed by atoms with Crippen molar-refractivity contribution in [2.45, 2.75) is 26.3 Å². The predicted molar refractivity (Wildman–Crippen MR) is 72.8 cm³/mol. The van der Waals surface area contributed by atoms with Crippen LogP contribution in [0.15, 0.2) is 30.0 Å². The van der Waals surface area contributed by atoms with E-state index < -0.39 is 0 Å². The van der Waals surface area contributed by atoms with E-state index in [-0.39, 0.29) is 6.04 Å². The monoisotopic (exact) mass is 247 g/mol. The first-order valence-corrected chi connectivity index (χ1v) is 6.47. The van der Waals surface area contributed by atoms with Crippen molar-refractivity contribution in [3.05, 3.63) is 41.2 Å². The maximum Gasteiger partial charge on any atom is 0.124 e. The van der Waals surface area contributed by atoms with E-state index in [9.17, 15) is 0 Å². The molecule has 18 heavy (non-hydrogen) atoms. The quantitative estimate of drug-likeness (QED) is 0.867. The molecular formula is C15H21NO2. The zero-order valence-electron chi connectivity index (χ0n) is 11.3. The fourth-order valence-electron chi connectivity index (χ4n) is 2.26. The van der Waals surface area contributed by atoms with Gasteiger partial charge in [0.15, 0.2) is 0 Å². The fourth-order valence-corrected chi connectivity index (χ4v) is 2.26. The number of hydrogen-bond donors (Lipinski definition) is 1. The summed E-state index contributed by atoms with van der Waals surface area (Å²) in [5.74, 6) is 1.93. The van der Waals surface area contributed by atoms with Crippen LogP contribution in [-0.2, 0) is 4.74 Å². The van der Waals surface area contributed by atoms with Crippen LogP contribution < -0.4 is 10.1 Å². The van der Waals surface area contributed by atoms with Crippen LogP contribution >= 0.6 is 0 Å². The van der Waals surface area contributed by atoms with Gasteiger partial charge in [0.25, 0.3) is 0 Å². The SMILES string of the molecule is CCNC(C1=CCCO1)c1ccc(C)cc1OC. The van der Waals surface area contributed by atoms with Crippen molar-refractivity contribution in [3.8, 4) is 5.75 Å².